The molecule has 0 spiro atoms. The summed E-state index contributed by atoms with van der Waals surface area (Å²) < 4.78 is 5.23. The Balaban J connectivity index is 1.89. The molecule has 1 amide bonds. The van der Waals surface area contributed by atoms with Crippen LogP contribution in [-0.4, -0.2) is 28.0 Å². The van der Waals surface area contributed by atoms with Crippen molar-refractivity contribution in [3.05, 3.63) is 64.9 Å². The summed E-state index contributed by atoms with van der Waals surface area (Å²) in [5, 5.41) is 11.8. The summed E-state index contributed by atoms with van der Waals surface area (Å²) in [4.78, 5) is 14.0. The van der Waals surface area contributed by atoms with Crippen LogP contribution < -0.4 is 10.1 Å². The van der Waals surface area contributed by atoms with Gasteiger partial charge in [-0.3, -0.25) is 4.79 Å². The number of halogens is 1. The van der Waals surface area contributed by atoms with Gasteiger partial charge in [0.15, 0.2) is 5.69 Å². The lowest BCUT2D eigenvalue weighted by molar-refractivity contribution is 0.102. The normalized spacial score (nSPS) is 10.5. The van der Waals surface area contributed by atoms with E-state index in [0.29, 0.717) is 22.2 Å². The predicted molar refractivity (Wildman–Crippen MR) is 92.1 cm³/mol. The number of methoxy groups -OCH3 is 1. The molecular weight excluding hydrogens is 328 g/mol. The number of carbonyl (C=O) groups excluding carboxylic acids is 1. The van der Waals surface area contributed by atoms with Crippen LogP contribution in [0.25, 0.3) is 5.69 Å². The number of nitrogens with one attached hydrogen (secondary N) is 1. The minimum absolute atomic E-state index is 0.237. The first-order valence-corrected chi connectivity index (χ1v) is 7.60. The zero-order chi connectivity index (χ0) is 17.1. The topological polar surface area (TPSA) is 69.0 Å². The highest BCUT2D eigenvalue weighted by molar-refractivity contribution is 6.31. The van der Waals surface area contributed by atoms with Gasteiger partial charge < -0.3 is 10.1 Å². The van der Waals surface area contributed by atoms with Crippen LogP contribution in [-0.2, 0) is 0 Å². The Bertz CT molecular complexity index is 878. The number of ether oxygens (including phenoxy) is 1. The molecule has 7 heteroatoms. The second-order valence-corrected chi connectivity index (χ2v) is 5.49. The minimum atomic E-state index is -0.379. The van der Waals surface area contributed by atoms with E-state index in [9.17, 15) is 4.79 Å². The van der Waals surface area contributed by atoms with Crippen LogP contribution in [0.4, 0.5) is 5.69 Å². The van der Waals surface area contributed by atoms with Crippen molar-refractivity contribution in [1.82, 2.24) is 15.0 Å². The molecule has 0 bridgehead atoms. The summed E-state index contributed by atoms with van der Waals surface area (Å²) in [5.41, 5.74) is 2.02. The fourth-order valence-electron chi connectivity index (χ4n) is 2.22. The Hall–Kier alpha value is -2.86. The van der Waals surface area contributed by atoms with E-state index < -0.39 is 0 Å². The number of hydrogen-bond acceptors (Lipinski definition) is 4. The maximum absolute atomic E-state index is 12.5. The number of anilines is 1. The average molecular weight is 343 g/mol. The highest BCUT2D eigenvalue weighted by atomic mass is 35.5. The van der Waals surface area contributed by atoms with Gasteiger partial charge in [-0.05, 0) is 37.3 Å². The number of aryl methyl sites for hydroxylation is 1. The number of nitrogens with zero attached hydrogens (tertiary/aromatic N) is 3. The van der Waals surface area contributed by atoms with Crippen LogP contribution in [0.1, 0.15) is 16.2 Å². The second-order valence-electron chi connectivity index (χ2n) is 5.06. The lowest BCUT2D eigenvalue weighted by atomic mass is 10.2. The van der Waals surface area contributed by atoms with Gasteiger partial charge in [0.1, 0.15) is 5.75 Å². The van der Waals surface area contributed by atoms with E-state index in [4.69, 9.17) is 16.3 Å². The summed E-state index contributed by atoms with van der Waals surface area (Å²) in [5.74, 6) is 0.135. The molecule has 1 N–H and O–H groups in total. The molecule has 0 aliphatic carbocycles. The van der Waals surface area contributed by atoms with Crippen molar-refractivity contribution >= 4 is 23.2 Å². The third-order valence-electron chi connectivity index (χ3n) is 3.39. The number of hydrogen-bond donors (Lipinski definition) is 1. The molecule has 0 radical (unpaired) electrons. The number of benzene rings is 2. The first kappa shape index (κ1) is 16.0. The molecule has 3 rings (SSSR count). The van der Waals surface area contributed by atoms with Crippen LogP contribution in [0.3, 0.4) is 0 Å². The molecule has 0 saturated carbocycles. The molecule has 0 saturated heterocycles. The molecule has 122 valence electrons. The van der Waals surface area contributed by atoms with Gasteiger partial charge in [0.25, 0.3) is 5.91 Å². The molecular formula is C17H15ClN4O2. The van der Waals surface area contributed by atoms with E-state index in [2.05, 4.69) is 15.5 Å². The number of carbonyl (C=O) groups is 1. The molecule has 0 aliphatic heterocycles. The number of aromatic nitrogens is 3. The summed E-state index contributed by atoms with van der Waals surface area (Å²) in [6, 6.07) is 14.4. The van der Waals surface area contributed by atoms with Gasteiger partial charge in [0, 0.05) is 5.02 Å². The Morgan fingerprint density at radius 1 is 1.17 bits per heavy atom. The lowest BCUT2D eigenvalue weighted by Crippen LogP contribution is -2.15. The summed E-state index contributed by atoms with van der Waals surface area (Å²) in [7, 11) is 1.52. The third-order valence-corrected chi connectivity index (χ3v) is 3.63. The summed E-state index contributed by atoms with van der Waals surface area (Å²) in [6.07, 6.45) is 0. The van der Waals surface area contributed by atoms with Gasteiger partial charge in [0.2, 0.25) is 0 Å². The minimum Gasteiger partial charge on any atom is -0.495 e. The van der Waals surface area contributed by atoms with Gasteiger partial charge >= 0.3 is 0 Å². The van der Waals surface area contributed by atoms with E-state index in [1.165, 1.54) is 11.9 Å². The molecule has 24 heavy (non-hydrogen) atoms. The maximum atomic E-state index is 12.5. The lowest BCUT2D eigenvalue weighted by Gasteiger charge is -2.09. The van der Waals surface area contributed by atoms with Crippen molar-refractivity contribution in [3.8, 4) is 11.4 Å². The molecule has 1 aromatic heterocycles. The van der Waals surface area contributed by atoms with E-state index in [1.54, 1.807) is 25.1 Å². The Labute approximate surface area is 144 Å². The molecule has 0 aliphatic rings. The highest BCUT2D eigenvalue weighted by Gasteiger charge is 2.18. The molecule has 6 nitrogen and oxygen atoms in total. The monoisotopic (exact) mass is 342 g/mol. The van der Waals surface area contributed by atoms with Crippen molar-refractivity contribution < 1.29 is 9.53 Å². The average Bonchev–Trinajstić information content (AvgIpc) is 2.98. The quantitative estimate of drug-likeness (QED) is 0.788. The van der Waals surface area contributed by atoms with Crippen LogP contribution in [0.15, 0.2) is 48.5 Å². The maximum Gasteiger partial charge on any atom is 0.278 e. The molecule has 1 heterocycles. The molecule has 2 aromatic carbocycles. The van der Waals surface area contributed by atoms with E-state index in [1.807, 2.05) is 30.3 Å². The molecule has 0 unspecified atom stereocenters. The zero-order valence-electron chi connectivity index (χ0n) is 13.2. The summed E-state index contributed by atoms with van der Waals surface area (Å²) in [6.45, 7) is 1.73. The standard InChI is InChI=1S/C17H15ClN4O2/c1-11-16(21-22(20-11)13-6-4-3-5-7-13)17(23)19-14-10-12(18)8-9-15(14)24-2/h3-10H,1-2H3,(H,19,23). The predicted octanol–water partition coefficient (Wildman–Crippen LogP) is 3.49. The fraction of sp³-hybridized carbons (Fsp3) is 0.118. The van der Waals surface area contributed by atoms with E-state index in [0.717, 1.165) is 5.69 Å². The van der Waals surface area contributed by atoms with Crippen molar-refractivity contribution in [3.63, 3.8) is 0 Å². The van der Waals surface area contributed by atoms with Crippen molar-refractivity contribution in [2.75, 3.05) is 12.4 Å². The first-order valence-electron chi connectivity index (χ1n) is 7.23. The third kappa shape index (κ3) is 3.23. The SMILES string of the molecule is COc1ccc(Cl)cc1NC(=O)c1nn(-c2ccccc2)nc1C. The second kappa shape index (κ2) is 6.72. The van der Waals surface area contributed by atoms with Crippen LogP contribution in [0.2, 0.25) is 5.02 Å². The number of para-hydroxylation sites is 1. The first-order chi connectivity index (χ1) is 11.6. The smallest absolute Gasteiger partial charge is 0.278 e. The van der Waals surface area contributed by atoms with E-state index >= 15 is 0 Å². The highest BCUT2D eigenvalue weighted by Crippen LogP contribution is 2.28. The van der Waals surface area contributed by atoms with Gasteiger partial charge in [0.05, 0.1) is 24.2 Å². The Kier molecular flexibility index (Phi) is 4.48. The fourth-order valence-corrected chi connectivity index (χ4v) is 2.40. The van der Waals surface area contributed by atoms with Gasteiger partial charge in [-0.2, -0.15) is 9.90 Å². The zero-order valence-corrected chi connectivity index (χ0v) is 13.9. The van der Waals surface area contributed by atoms with E-state index in [-0.39, 0.29) is 11.6 Å². The summed E-state index contributed by atoms with van der Waals surface area (Å²) >= 11 is 5.98. The van der Waals surface area contributed by atoms with Crippen molar-refractivity contribution in [1.29, 1.82) is 0 Å². The number of amides is 1. The van der Waals surface area contributed by atoms with Crippen molar-refractivity contribution in [2.24, 2.45) is 0 Å². The van der Waals surface area contributed by atoms with Gasteiger partial charge in [-0.15, -0.1) is 5.10 Å². The number of rotatable bonds is 4. The Morgan fingerprint density at radius 3 is 2.62 bits per heavy atom. The Morgan fingerprint density at radius 2 is 1.92 bits per heavy atom. The van der Waals surface area contributed by atoms with Crippen LogP contribution >= 0.6 is 11.6 Å². The molecule has 3 aromatic rings. The molecule has 0 atom stereocenters. The van der Waals surface area contributed by atoms with Crippen molar-refractivity contribution in [2.45, 2.75) is 6.92 Å². The van der Waals surface area contributed by atoms with Crippen LogP contribution in [0.5, 0.6) is 5.75 Å². The van der Waals surface area contributed by atoms with Gasteiger partial charge in [-0.1, -0.05) is 29.8 Å². The van der Waals surface area contributed by atoms with Crippen LogP contribution in [0, 0.1) is 6.92 Å². The van der Waals surface area contributed by atoms with Gasteiger partial charge in [-0.25, -0.2) is 0 Å². The molecule has 0 fully saturated rings. The largest absolute Gasteiger partial charge is 0.495 e.